The van der Waals surface area contributed by atoms with E-state index in [0.29, 0.717) is 4.06 Å². The zero-order valence-electron chi connectivity index (χ0n) is 23.0. The van der Waals surface area contributed by atoms with E-state index in [2.05, 4.69) is 86.5 Å². The SMILES string of the molecule is CCC[CH2][Sn]([CH2]CCC)([CH2]CCC)[CH](CCSC)N1C(=O)O[C@H](c2ccccc2)[C@@H]1c1ccccc1. The molecule has 3 nitrogen and oxygen atoms in total. The van der Waals surface area contributed by atoms with E-state index in [1.165, 1.54) is 57.4 Å². The molecule has 5 heteroatoms. The van der Waals surface area contributed by atoms with E-state index in [1.54, 1.807) is 0 Å². The van der Waals surface area contributed by atoms with E-state index >= 15 is 0 Å². The van der Waals surface area contributed by atoms with Crippen LogP contribution >= 0.6 is 11.8 Å². The van der Waals surface area contributed by atoms with Gasteiger partial charge < -0.3 is 0 Å². The molecule has 2 aromatic rings. The van der Waals surface area contributed by atoms with E-state index in [0.717, 1.165) is 17.7 Å². The third-order valence-corrected chi connectivity index (χ3v) is 25.9. The van der Waals surface area contributed by atoms with Gasteiger partial charge in [-0.15, -0.1) is 0 Å². The quantitative estimate of drug-likeness (QED) is 0.176. The summed E-state index contributed by atoms with van der Waals surface area (Å²) in [7, 11) is 0. The fraction of sp³-hybridized carbons (Fsp3) is 0.581. The van der Waals surface area contributed by atoms with E-state index in [1.807, 2.05) is 17.8 Å². The molecule has 1 aliphatic heterocycles. The molecule has 0 aliphatic carbocycles. The van der Waals surface area contributed by atoms with Crippen molar-refractivity contribution in [1.29, 1.82) is 0 Å². The summed E-state index contributed by atoms with van der Waals surface area (Å²) in [4.78, 5) is 16.2. The van der Waals surface area contributed by atoms with Crippen molar-refractivity contribution < 1.29 is 9.53 Å². The van der Waals surface area contributed by atoms with Crippen LogP contribution in [0, 0.1) is 0 Å². The van der Waals surface area contributed by atoms with Crippen molar-refractivity contribution in [3.63, 3.8) is 0 Å². The average Bonchev–Trinajstić information content (AvgIpc) is 3.27. The number of thioether (sulfide) groups is 1. The van der Waals surface area contributed by atoms with Crippen LogP contribution < -0.4 is 0 Å². The summed E-state index contributed by atoms with van der Waals surface area (Å²) in [6, 6.07) is 21.0. The molecule has 198 valence electrons. The molecule has 0 N–H and O–H groups in total. The molecule has 0 radical (unpaired) electrons. The topological polar surface area (TPSA) is 29.5 Å². The van der Waals surface area contributed by atoms with E-state index in [-0.39, 0.29) is 18.2 Å². The Kier molecular flexibility index (Phi) is 12.5. The van der Waals surface area contributed by atoms with Crippen LogP contribution in [0.5, 0.6) is 0 Å². The standard InChI is InChI=1S/C19H20NO2S.3C4H9.Sn/c1-23-14-8-13-20-17(15-9-4-2-5-10-15)18(22-19(20)21)16-11-6-3-7-12-16;3*1-3-4-2;/h2-7,9-13,17-18H,8,14H2,1H3;3*1,3-4H2,2H3;/t17-,18+;;;;/m0..../s1. The van der Waals surface area contributed by atoms with Gasteiger partial charge in [-0.1, -0.05) is 0 Å². The molecule has 0 spiro atoms. The van der Waals surface area contributed by atoms with Gasteiger partial charge in [-0.2, -0.15) is 0 Å². The Morgan fingerprint density at radius 1 is 0.833 bits per heavy atom. The number of nitrogens with zero attached hydrogens (tertiary/aromatic N) is 1. The third kappa shape index (κ3) is 7.24. The van der Waals surface area contributed by atoms with Gasteiger partial charge in [0.15, 0.2) is 0 Å². The summed E-state index contributed by atoms with van der Waals surface area (Å²) in [5.41, 5.74) is 2.30. The number of carbonyl (C=O) groups excluding carboxylic acids is 1. The Labute approximate surface area is 228 Å². The zero-order chi connectivity index (χ0) is 25.8. The molecule has 1 heterocycles. The van der Waals surface area contributed by atoms with E-state index < -0.39 is 18.4 Å². The molecule has 3 atom stereocenters. The first-order valence-electron chi connectivity index (χ1n) is 14.2. The Morgan fingerprint density at radius 3 is 1.81 bits per heavy atom. The van der Waals surface area contributed by atoms with Gasteiger partial charge in [0.2, 0.25) is 0 Å². The molecule has 1 unspecified atom stereocenters. The van der Waals surface area contributed by atoms with Gasteiger partial charge in [0.1, 0.15) is 0 Å². The molecule has 0 bridgehead atoms. The molecule has 1 amide bonds. The van der Waals surface area contributed by atoms with Crippen LogP contribution in [0.25, 0.3) is 0 Å². The Bertz CT molecular complexity index is 872. The number of ether oxygens (including phenoxy) is 1. The first kappa shape index (κ1) is 29.4. The number of amides is 1. The Balaban J connectivity index is 2.14. The van der Waals surface area contributed by atoms with E-state index in [4.69, 9.17) is 4.74 Å². The van der Waals surface area contributed by atoms with Gasteiger partial charge in [0, 0.05) is 0 Å². The summed E-state index contributed by atoms with van der Waals surface area (Å²) in [5.74, 6) is 1.11. The maximum absolute atomic E-state index is 13.9. The number of rotatable bonds is 16. The second-order valence-corrected chi connectivity index (χ2v) is 25.4. The first-order chi connectivity index (χ1) is 17.6. The van der Waals surface area contributed by atoms with Gasteiger partial charge in [-0.25, -0.2) is 0 Å². The fourth-order valence-corrected chi connectivity index (χ4v) is 25.8. The number of unbranched alkanes of at least 4 members (excludes halogenated alkanes) is 3. The minimum atomic E-state index is -2.82. The van der Waals surface area contributed by atoms with Gasteiger partial charge in [-0.3, -0.25) is 0 Å². The second kappa shape index (κ2) is 15.3. The van der Waals surface area contributed by atoms with Gasteiger partial charge in [0.25, 0.3) is 0 Å². The van der Waals surface area contributed by atoms with Gasteiger partial charge >= 0.3 is 230 Å². The zero-order valence-corrected chi connectivity index (χ0v) is 26.6. The number of hydrogen-bond donors (Lipinski definition) is 0. The molecular weight excluding hydrogens is 569 g/mol. The molecular formula is C31H47NO2SSn. The van der Waals surface area contributed by atoms with Crippen LogP contribution in [-0.4, -0.2) is 45.4 Å². The monoisotopic (exact) mass is 617 g/mol. The van der Waals surface area contributed by atoms with Gasteiger partial charge in [0.05, 0.1) is 0 Å². The fourth-order valence-electron chi connectivity index (χ4n) is 6.12. The molecule has 1 fully saturated rings. The van der Waals surface area contributed by atoms with Crippen molar-refractivity contribution >= 4 is 36.2 Å². The molecule has 0 saturated carbocycles. The normalized spacial score (nSPS) is 18.9. The summed E-state index contributed by atoms with van der Waals surface area (Å²) in [6.07, 6.45) is 10.6. The second-order valence-electron chi connectivity index (χ2n) is 10.4. The molecule has 2 aromatic carbocycles. The number of carbonyl (C=O) groups is 1. The average molecular weight is 617 g/mol. The summed E-state index contributed by atoms with van der Waals surface area (Å²) in [6.45, 7) is 6.99. The maximum atomic E-state index is 13.9. The molecule has 1 aliphatic rings. The van der Waals surface area contributed by atoms with Crippen LogP contribution in [0.3, 0.4) is 0 Å². The number of cyclic esters (lactones) is 1. The van der Waals surface area contributed by atoms with Crippen LogP contribution in [0.4, 0.5) is 4.79 Å². The van der Waals surface area contributed by atoms with Crippen molar-refractivity contribution in [1.82, 2.24) is 4.90 Å². The molecule has 36 heavy (non-hydrogen) atoms. The van der Waals surface area contributed by atoms with Crippen LogP contribution in [-0.2, 0) is 4.74 Å². The predicted octanol–water partition coefficient (Wildman–Crippen LogP) is 9.43. The summed E-state index contributed by atoms with van der Waals surface area (Å²) >= 11 is -0.895. The van der Waals surface area contributed by atoms with Crippen LogP contribution in [0.2, 0.25) is 13.3 Å². The Hall–Kier alpha value is -1.14. The molecule has 3 rings (SSSR count). The third-order valence-electron chi connectivity index (χ3n) is 8.02. The summed E-state index contributed by atoms with van der Waals surface area (Å²) < 4.78 is 10.9. The Morgan fingerprint density at radius 2 is 1.33 bits per heavy atom. The number of hydrogen-bond acceptors (Lipinski definition) is 3. The van der Waals surface area contributed by atoms with Crippen molar-refractivity contribution in [3.8, 4) is 0 Å². The van der Waals surface area contributed by atoms with Crippen molar-refractivity contribution in [2.24, 2.45) is 0 Å². The van der Waals surface area contributed by atoms with Crippen LogP contribution in [0.1, 0.15) is 89.0 Å². The van der Waals surface area contributed by atoms with Crippen LogP contribution in [0.15, 0.2) is 60.7 Å². The van der Waals surface area contributed by atoms with E-state index in [9.17, 15) is 4.79 Å². The van der Waals surface area contributed by atoms with Gasteiger partial charge in [-0.05, 0) is 0 Å². The number of benzene rings is 2. The minimum absolute atomic E-state index is 0.0612. The van der Waals surface area contributed by atoms with Crippen molar-refractivity contribution in [2.45, 2.75) is 95.2 Å². The molecule has 1 saturated heterocycles. The molecule has 0 aromatic heterocycles. The predicted molar refractivity (Wildman–Crippen MR) is 158 cm³/mol. The van der Waals surface area contributed by atoms with Crippen molar-refractivity contribution in [2.75, 3.05) is 12.0 Å². The summed E-state index contributed by atoms with van der Waals surface area (Å²) in [5, 5.41) is 0. The van der Waals surface area contributed by atoms with Crippen molar-refractivity contribution in [3.05, 3.63) is 71.8 Å². The first-order valence-corrected chi connectivity index (χ1v) is 23.3.